The molecule has 0 aromatic heterocycles. The largest absolute Gasteiger partial charge is 0.508 e. The van der Waals surface area contributed by atoms with E-state index in [0.717, 1.165) is 0 Å². The van der Waals surface area contributed by atoms with Gasteiger partial charge in [-0.05, 0) is 202 Å². The van der Waals surface area contributed by atoms with Crippen molar-refractivity contribution in [3.63, 3.8) is 0 Å². The van der Waals surface area contributed by atoms with Gasteiger partial charge in [0.2, 0.25) is 70.9 Å². The summed E-state index contributed by atoms with van der Waals surface area (Å²) < 4.78 is 12.2. The van der Waals surface area contributed by atoms with Crippen LogP contribution in [0.25, 0.3) is 0 Å². The average molecular weight is 2000 g/mol. The van der Waals surface area contributed by atoms with Crippen LogP contribution in [0.3, 0.4) is 0 Å². The Morgan fingerprint density at radius 3 is 1.07 bits per heavy atom. The van der Waals surface area contributed by atoms with Gasteiger partial charge < -0.3 is 177 Å². The lowest BCUT2D eigenvalue weighted by Crippen LogP contribution is -2.60. The molecule has 6 rings (SSSR count). The third-order valence-electron chi connectivity index (χ3n) is 22.5. The summed E-state index contributed by atoms with van der Waals surface area (Å²) in [5.74, 6) is -17.7. The molecule has 0 fully saturated rings. The number of primary amides is 1. The second-order valence-corrected chi connectivity index (χ2v) is 33.7. The van der Waals surface area contributed by atoms with Crippen molar-refractivity contribution in [2.24, 2.45) is 45.9 Å². The Morgan fingerprint density at radius 2 is 0.699 bits per heavy atom. The number of carbonyl (C=O) groups is 15. The van der Waals surface area contributed by atoms with E-state index in [1.54, 1.807) is 7.05 Å². The highest BCUT2D eigenvalue weighted by molar-refractivity contribution is 6.03. The number of carboxylic acid groups (broad SMARTS) is 1. The fraction of sp³-hybridized carbons (Fsp3) is 0.494. The predicted molar refractivity (Wildman–Crippen MR) is 521 cm³/mol. The van der Waals surface area contributed by atoms with Crippen LogP contribution in [0.5, 0.6) is 28.7 Å². The van der Waals surface area contributed by atoms with Crippen molar-refractivity contribution in [3.8, 4) is 28.7 Å². The summed E-state index contributed by atoms with van der Waals surface area (Å²) in [6.07, 6.45) is -2.22. The topological polar surface area (TPSA) is 935 Å². The number of guanidine groups is 6. The second kappa shape index (κ2) is 59.2. The number of nitrogens with two attached hydrogens (primary N) is 8. The number of unbranched alkanes of at least 4 members (excludes halogenated alkanes) is 2. The summed E-state index contributed by atoms with van der Waals surface area (Å²) in [6.45, 7) is -0.758. The van der Waals surface area contributed by atoms with E-state index in [2.05, 4.69) is 101 Å². The summed E-state index contributed by atoms with van der Waals surface area (Å²) in [6, 6.07) is 2.39. The maximum Gasteiger partial charge on any atom is 0.340 e. The van der Waals surface area contributed by atoms with Crippen molar-refractivity contribution in [2.45, 2.75) is 207 Å². The number of hydrogen-bond acceptors (Lipinski definition) is 28. The Labute approximate surface area is 822 Å². The number of aromatic hydroxyl groups is 3. The minimum atomic E-state index is -1.78. The van der Waals surface area contributed by atoms with Crippen LogP contribution in [0, 0.1) is 32.5 Å². The lowest BCUT2D eigenvalue weighted by Gasteiger charge is -2.36. The van der Waals surface area contributed by atoms with E-state index in [1.165, 1.54) is 78.9 Å². The van der Waals surface area contributed by atoms with Gasteiger partial charge in [0.05, 0.1) is 12.1 Å². The molecule has 54 heteroatoms. The Hall–Kier alpha value is -16.3. The van der Waals surface area contributed by atoms with Gasteiger partial charge >= 0.3 is 11.9 Å². The molecule has 45 N–H and O–H groups in total. The molecule has 54 nitrogen and oxygen atoms in total. The van der Waals surface area contributed by atoms with E-state index >= 15 is 14.4 Å². The predicted octanol–water partition coefficient (Wildman–Crippen LogP) is -6.85. The van der Waals surface area contributed by atoms with Gasteiger partial charge in [-0.25, -0.2) is 9.59 Å². The number of esters is 1. The van der Waals surface area contributed by atoms with Gasteiger partial charge in [-0.3, -0.25) is 94.8 Å². The van der Waals surface area contributed by atoms with Crippen molar-refractivity contribution < 1.29 is 102 Å². The van der Waals surface area contributed by atoms with Crippen LogP contribution in [0.4, 0.5) is 0 Å². The van der Waals surface area contributed by atoms with Gasteiger partial charge in [0.15, 0.2) is 41.4 Å². The molecule has 4 aromatic carbocycles. The molecule has 4 aromatic rings. The normalized spacial score (nSPS) is 13.8. The smallest absolute Gasteiger partial charge is 0.340 e. The minimum Gasteiger partial charge on any atom is -0.508 e. The zero-order valence-corrected chi connectivity index (χ0v) is 79.3. The number of aliphatic carboxylic acids is 1. The van der Waals surface area contributed by atoms with Gasteiger partial charge in [-0.15, -0.1) is 0 Å². The lowest BCUT2D eigenvalue weighted by molar-refractivity contribution is -0.142. The van der Waals surface area contributed by atoms with E-state index in [-0.39, 0.29) is 213 Å². The van der Waals surface area contributed by atoms with E-state index in [9.17, 15) is 78.0 Å². The van der Waals surface area contributed by atoms with Gasteiger partial charge in [0.1, 0.15) is 89.2 Å². The SMILES string of the molecule is CNCCCC[C@H](NC(=O)[C@H](CCCNC(=N)N)NC(=O)CNC(=O)[C@H](Cc1ccc(O)cc1)NC(=O)CCNC(=O)c1ccc2c(c1)C1(OC2=O)c2ccc(O)cc2Oc2cc(O)ccc21)C(=O)N[C@@H](CCCCN)C(=O)N[C@@H](CCCNC(=N)N)C(=O)N[C@@H](CCCNC(=N)N)C(=O)N[C@@H](CCC(N)=O)C(=O)N[C@@H](CCCNC(=N)N)C(=O)N[C@@H](CCCNC(=N)N)C(=O)N[C@@H](CCCNC(=N)N)C(=O)O. The van der Waals surface area contributed by atoms with Crippen LogP contribution < -0.4 is 152 Å². The maximum atomic E-state index is 15.1. The molecule has 0 bridgehead atoms. The number of carboxylic acids is 1. The third kappa shape index (κ3) is 39.5. The van der Waals surface area contributed by atoms with E-state index in [4.69, 9.17) is 87.8 Å². The molecule has 0 aliphatic carbocycles. The van der Waals surface area contributed by atoms with Crippen molar-refractivity contribution in [2.75, 3.05) is 72.5 Å². The number of phenolic OH excluding ortho intramolecular Hbond substituents is 3. The molecule has 0 unspecified atom stereocenters. The number of benzene rings is 4. The van der Waals surface area contributed by atoms with Crippen LogP contribution in [0.2, 0.25) is 0 Å². The number of rotatable bonds is 64. The van der Waals surface area contributed by atoms with Gasteiger partial charge in [0, 0.05) is 99.5 Å². The number of ether oxygens (including phenoxy) is 2. The van der Waals surface area contributed by atoms with Gasteiger partial charge in [0.25, 0.3) is 5.91 Å². The molecule has 0 radical (unpaired) electrons. The number of fused-ring (bicyclic) bond motifs is 6. The van der Waals surface area contributed by atoms with Gasteiger partial charge in [-0.2, -0.15) is 0 Å². The zero-order chi connectivity index (χ0) is 105. The van der Waals surface area contributed by atoms with Gasteiger partial charge in [-0.1, -0.05) is 12.1 Å². The third-order valence-corrected chi connectivity index (χ3v) is 22.5. The van der Waals surface area contributed by atoms with E-state index < -0.39 is 210 Å². The first-order chi connectivity index (χ1) is 68.0. The first-order valence-electron chi connectivity index (χ1n) is 46.4. The highest BCUT2D eigenvalue weighted by Gasteiger charge is 2.54. The van der Waals surface area contributed by atoms with Crippen molar-refractivity contribution >= 4 is 124 Å². The molecular weight excluding hydrogens is 1870 g/mol. The Bertz CT molecular complexity index is 5110. The van der Waals surface area contributed by atoms with Crippen LogP contribution >= 0.6 is 0 Å². The summed E-state index contributed by atoms with van der Waals surface area (Å²) in [4.78, 5) is 213. The molecule has 13 amide bonds. The highest BCUT2D eigenvalue weighted by Crippen LogP contribution is 2.57. The summed E-state index contributed by atoms with van der Waals surface area (Å²) in [5, 5.41) is 136. The monoisotopic (exact) mass is 2000 g/mol. The maximum absolute atomic E-state index is 15.1. The van der Waals surface area contributed by atoms with Crippen molar-refractivity contribution in [3.05, 3.63) is 112 Å². The van der Waals surface area contributed by atoms with Crippen LogP contribution in [-0.2, 0) is 79.1 Å². The van der Waals surface area contributed by atoms with Crippen LogP contribution in [-0.4, -0.2) is 278 Å². The number of carbonyl (C=O) groups excluding carboxylic acids is 14. The standard InChI is InChI=1S/C89H135N33O21/c1-104-34-5-3-13-58(115-73(131)56(14-6-35-106-83(92)93)113-70(128)46-112-72(130)65(42-47-20-23-49(123)24-21-47)114-69(127)32-41-105-71(129)48-22-27-52-55(43-48)89(143-82(52)141)53-28-25-50(124)44-66(53)142-67-45-51(125)26-29-54(67)89)75(133)116-57(12-2-4-33-90)74(132)117-59(15-7-36-107-84(94)95)76(134)118-61(17-9-38-109-86(98)99)78(136)121-63(30-31-68(91)126)80(138)120-60(16-8-37-108-85(96)97)77(135)119-62(18-10-39-110-87(100)101)79(137)122-64(81(139)140)19-11-40-111-88(102)103/h20-29,43-45,56-65,104,123-125H,2-19,30-42,46,90H2,1H3,(H2,91,126)(H,105,129)(H,112,130)(H,113,128)(H,114,127)(H,115,131)(H,116,133)(H,117,132)(H,118,134)(H,119,135)(H,120,138)(H,121,136)(H,122,137)(H,139,140)(H4,92,93,106)(H4,94,95,107)(H4,96,97,108)(H4,98,99,109)(H4,100,101,110)(H4,102,103,111)/t56-,57-,58-,59-,60-,61-,62-,63-,64-,65-/m0/s1. The Kier molecular flexibility index (Phi) is 47.8. The number of amides is 13. The summed E-state index contributed by atoms with van der Waals surface area (Å²) in [7, 11) is 1.68. The quantitative estimate of drug-likeness (QED) is 0.00845. The lowest BCUT2D eigenvalue weighted by atomic mass is 9.77. The molecule has 2 aliphatic heterocycles. The number of phenols is 3. The molecular formula is C89H135N33O21. The number of hydrogen-bond donors (Lipinski definition) is 37. The minimum absolute atomic E-state index is 0.00420. The fourth-order valence-corrected chi connectivity index (χ4v) is 15.3. The van der Waals surface area contributed by atoms with E-state index in [1.807, 2.05) is 0 Å². The molecule has 0 saturated heterocycles. The molecule has 2 aliphatic rings. The Balaban J connectivity index is 1.22. The average Bonchev–Trinajstić information content (AvgIpc) is 1.56. The molecule has 143 heavy (non-hydrogen) atoms. The number of nitrogens with one attached hydrogen (secondary N) is 25. The fourth-order valence-electron chi connectivity index (χ4n) is 15.3. The molecule has 1 spiro atoms. The molecule has 10 atom stereocenters. The van der Waals surface area contributed by atoms with Crippen molar-refractivity contribution in [1.82, 2.24) is 101 Å². The first kappa shape index (κ1) is 115. The Morgan fingerprint density at radius 1 is 0.350 bits per heavy atom. The zero-order valence-electron chi connectivity index (χ0n) is 79.3. The molecule has 782 valence electrons. The molecule has 2 heterocycles. The summed E-state index contributed by atoms with van der Waals surface area (Å²) in [5.41, 5.74) is 44.3. The van der Waals surface area contributed by atoms with E-state index in [0.29, 0.717) is 36.1 Å². The van der Waals surface area contributed by atoms with Crippen LogP contribution in [0.15, 0.2) is 78.9 Å². The molecule has 0 saturated carbocycles. The summed E-state index contributed by atoms with van der Waals surface area (Å²) >= 11 is 0. The van der Waals surface area contributed by atoms with Crippen LogP contribution in [0.1, 0.15) is 178 Å². The first-order valence-corrected chi connectivity index (χ1v) is 46.4. The van der Waals surface area contributed by atoms with Crippen molar-refractivity contribution in [1.29, 1.82) is 32.5 Å². The second-order valence-electron chi connectivity index (χ2n) is 33.7. The highest BCUT2D eigenvalue weighted by atomic mass is 16.6.